The summed E-state index contributed by atoms with van der Waals surface area (Å²) in [6.45, 7) is 3.53. The summed E-state index contributed by atoms with van der Waals surface area (Å²) < 4.78 is 0. The molecule has 16 heavy (non-hydrogen) atoms. The first kappa shape index (κ1) is 12.3. The van der Waals surface area contributed by atoms with E-state index >= 15 is 0 Å². The summed E-state index contributed by atoms with van der Waals surface area (Å²) in [5.41, 5.74) is 5.72. The second-order valence-electron chi connectivity index (χ2n) is 5.37. The molecule has 92 valence electrons. The van der Waals surface area contributed by atoms with E-state index < -0.39 is 0 Å². The number of nitrogens with zero attached hydrogens (tertiary/aromatic N) is 1. The zero-order valence-corrected chi connectivity index (χ0v) is 11.1. The van der Waals surface area contributed by atoms with Crippen LogP contribution in [0.1, 0.15) is 51.9 Å². The highest BCUT2D eigenvalue weighted by atomic mass is 32.1. The van der Waals surface area contributed by atoms with Crippen LogP contribution in [0.2, 0.25) is 0 Å². The Kier molecular flexibility index (Phi) is 4.20. The first-order valence-electron chi connectivity index (χ1n) is 6.76. The van der Waals surface area contributed by atoms with Gasteiger partial charge in [0.25, 0.3) is 0 Å². The number of likely N-dealkylation sites (tertiary alicyclic amines) is 1. The van der Waals surface area contributed by atoms with Crippen molar-refractivity contribution in [3.8, 4) is 0 Å². The predicted octanol–water partition coefficient (Wildman–Crippen LogP) is 2.71. The summed E-state index contributed by atoms with van der Waals surface area (Å²) in [5, 5.41) is 0. The first-order chi connectivity index (χ1) is 7.72. The molecule has 3 heteroatoms. The average Bonchev–Trinajstić information content (AvgIpc) is 2.73. The first-order valence-corrected chi connectivity index (χ1v) is 7.17. The van der Waals surface area contributed by atoms with E-state index in [1.807, 2.05) is 0 Å². The Hall–Kier alpha value is -0.150. The van der Waals surface area contributed by atoms with Gasteiger partial charge < -0.3 is 5.73 Å². The molecule has 2 rings (SSSR count). The van der Waals surface area contributed by atoms with Crippen LogP contribution in [0.4, 0.5) is 0 Å². The molecular weight excluding hydrogens is 216 g/mol. The number of thiocarbonyl (C=S) groups is 1. The van der Waals surface area contributed by atoms with Gasteiger partial charge >= 0.3 is 0 Å². The zero-order valence-electron chi connectivity index (χ0n) is 10.3. The number of hydrogen-bond donors (Lipinski definition) is 1. The monoisotopic (exact) mass is 240 g/mol. The number of nitrogens with two attached hydrogens (primary N) is 1. The fourth-order valence-electron chi connectivity index (χ4n) is 3.67. The molecular formula is C13H24N2S. The lowest BCUT2D eigenvalue weighted by Gasteiger charge is -2.42. The van der Waals surface area contributed by atoms with Crippen molar-refractivity contribution in [2.45, 2.75) is 64.0 Å². The van der Waals surface area contributed by atoms with E-state index in [-0.39, 0.29) is 0 Å². The Bertz CT molecular complexity index is 254. The summed E-state index contributed by atoms with van der Waals surface area (Å²) in [5.74, 6) is 0.967. The maximum absolute atomic E-state index is 5.72. The Labute approximate surface area is 105 Å². The van der Waals surface area contributed by atoms with E-state index in [0.29, 0.717) is 11.0 Å². The zero-order chi connectivity index (χ0) is 11.5. The molecule has 1 aliphatic carbocycles. The Morgan fingerprint density at radius 2 is 2.12 bits per heavy atom. The topological polar surface area (TPSA) is 29.3 Å². The molecule has 1 saturated heterocycles. The second-order valence-corrected chi connectivity index (χ2v) is 5.90. The second kappa shape index (κ2) is 5.46. The molecule has 0 amide bonds. The van der Waals surface area contributed by atoms with Gasteiger partial charge in [-0.05, 0) is 44.6 Å². The molecule has 0 spiro atoms. The normalized spacial score (nSPS) is 32.3. The molecule has 1 saturated carbocycles. The van der Waals surface area contributed by atoms with Gasteiger partial charge in [-0.2, -0.15) is 0 Å². The highest BCUT2D eigenvalue weighted by molar-refractivity contribution is 7.80. The fraction of sp³-hybridized carbons (Fsp3) is 0.923. The highest BCUT2D eigenvalue weighted by Crippen LogP contribution is 2.38. The van der Waals surface area contributed by atoms with Crippen LogP contribution in [-0.2, 0) is 0 Å². The highest BCUT2D eigenvalue weighted by Gasteiger charge is 2.37. The van der Waals surface area contributed by atoms with Gasteiger partial charge in [-0.1, -0.05) is 25.6 Å². The summed E-state index contributed by atoms with van der Waals surface area (Å²) in [6, 6.07) is 1.44. The molecule has 2 nitrogen and oxygen atoms in total. The SMILES string of the molecule is CCC(CC(N)=S)N1CCCC2CCCC21. The van der Waals surface area contributed by atoms with Crippen molar-refractivity contribution in [3.05, 3.63) is 0 Å². The Morgan fingerprint density at radius 1 is 1.38 bits per heavy atom. The van der Waals surface area contributed by atoms with Crippen LogP contribution in [0, 0.1) is 5.92 Å². The van der Waals surface area contributed by atoms with E-state index in [9.17, 15) is 0 Å². The van der Waals surface area contributed by atoms with Crippen molar-refractivity contribution in [1.29, 1.82) is 0 Å². The summed E-state index contributed by atoms with van der Waals surface area (Å²) in [4.78, 5) is 3.41. The lowest BCUT2D eigenvalue weighted by molar-refractivity contribution is 0.0682. The molecule has 1 aliphatic heterocycles. The van der Waals surface area contributed by atoms with Crippen molar-refractivity contribution in [1.82, 2.24) is 4.90 Å². The van der Waals surface area contributed by atoms with Crippen LogP contribution in [0.25, 0.3) is 0 Å². The van der Waals surface area contributed by atoms with Gasteiger partial charge in [-0.3, -0.25) is 4.90 Å². The maximum Gasteiger partial charge on any atom is 0.0743 e. The van der Waals surface area contributed by atoms with Gasteiger partial charge in [0.15, 0.2) is 0 Å². The summed E-state index contributed by atoms with van der Waals surface area (Å²) in [7, 11) is 0. The van der Waals surface area contributed by atoms with Crippen LogP contribution < -0.4 is 5.73 Å². The van der Waals surface area contributed by atoms with Crippen molar-refractivity contribution in [2.24, 2.45) is 11.7 Å². The third kappa shape index (κ3) is 2.57. The van der Waals surface area contributed by atoms with Crippen LogP contribution >= 0.6 is 12.2 Å². The largest absolute Gasteiger partial charge is 0.393 e. The predicted molar refractivity (Wildman–Crippen MR) is 72.6 cm³/mol. The molecule has 0 aromatic heterocycles. The minimum atomic E-state index is 0.600. The lowest BCUT2D eigenvalue weighted by Crippen LogP contribution is -2.49. The van der Waals surface area contributed by atoms with Crippen LogP contribution in [0.3, 0.4) is 0 Å². The van der Waals surface area contributed by atoms with Gasteiger partial charge in [0.2, 0.25) is 0 Å². The molecule has 0 radical (unpaired) electrons. The van der Waals surface area contributed by atoms with E-state index in [2.05, 4.69) is 11.8 Å². The van der Waals surface area contributed by atoms with Gasteiger partial charge in [0.05, 0.1) is 4.99 Å². The van der Waals surface area contributed by atoms with Crippen molar-refractivity contribution in [3.63, 3.8) is 0 Å². The lowest BCUT2D eigenvalue weighted by atomic mass is 9.89. The number of rotatable bonds is 4. The van der Waals surface area contributed by atoms with Crippen LogP contribution in [0.15, 0.2) is 0 Å². The minimum Gasteiger partial charge on any atom is -0.393 e. The number of fused-ring (bicyclic) bond motifs is 1. The van der Waals surface area contributed by atoms with Crippen molar-refractivity contribution < 1.29 is 0 Å². The van der Waals surface area contributed by atoms with Gasteiger partial charge in [-0.25, -0.2) is 0 Å². The molecule has 0 aromatic carbocycles. The summed E-state index contributed by atoms with van der Waals surface area (Å²) in [6.07, 6.45) is 9.19. The van der Waals surface area contributed by atoms with E-state index in [0.717, 1.165) is 18.4 Å². The fourth-order valence-corrected chi connectivity index (χ4v) is 3.87. The maximum atomic E-state index is 5.72. The molecule has 1 heterocycles. The molecule has 2 N–H and O–H groups in total. The molecule has 0 bridgehead atoms. The third-order valence-electron chi connectivity index (χ3n) is 4.41. The Balaban J connectivity index is 2.02. The number of hydrogen-bond acceptors (Lipinski definition) is 2. The summed E-state index contributed by atoms with van der Waals surface area (Å²) >= 11 is 5.08. The molecule has 0 aromatic rings. The molecule has 3 unspecified atom stereocenters. The number of piperidine rings is 1. The average molecular weight is 240 g/mol. The van der Waals surface area contributed by atoms with Gasteiger partial charge in [0, 0.05) is 18.5 Å². The van der Waals surface area contributed by atoms with Crippen molar-refractivity contribution in [2.75, 3.05) is 6.54 Å². The van der Waals surface area contributed by atoms with E-state index in [1.54, 1.807) is 0 Å². The smallest absolute Gasteiger partial charge is 0.0743 e. The van der Waals surface area contributed by atoms with Crippen LogP contribution in [0.5, 0.6) is 0 Å². The van der Waals surface area contributed by atoms with E-state index in [4.69, 9.17) is 18.0 Å². The van der Waals surface area contributed by atoms with Gasteiger partial charge in [0.1, 0.15) is 0 Å². The quantitative estimate of drug-likeness (QED) is 0.766. The third-order valence-corrected chi connectivity index (χ3v) is 4.58. The Morgan fingerprint density at radius 3 is 2.81 bits per heavy atom. The molecule has 3 atom stereocenters. The van der Waals surface area contributed by atoms with Gasteiger partial charge in [-0.15, -0.1) is 0 Å². The van der Waals surface area contributed by atoms with Crippen molar-refractivity contribution >= 4 is 17.2 Å². The molecule has 2 fully saturated rings. The minimum absolute atomic E-state index is 0.600. The molecule has 2 aliphatic rings. The van der Waals surface area contributed by atoms with Crippen LogP contribution in [-0.4, -0.2) is 28.5 Å². The van der Waals surface area contributed by atoms with E-state index in [1.165, 1.54) is 45.1 Å². The standard InChI is InChI=1S/C13H24N2S/c1-2-11(9-13(14)16)15-8-4-6-10-5-3-7-12(10)15/h10-12H,2-9H2,1H3,(H2,14,16).